The minimum Gasteiger partial charge on any atom is -0.493 e. The van der Waals surface area contributed by atoms with E-state index in [9.17, 15) is 13.6 Å². The molecule has 0 spiro atoms. The summed E-state index contributed by atoms with van der Waals surface area (Å²) in [6, 6.07) is 8.50. The molecule has 1 amide bonds. The maximum absolute atomic E-state index is 12.5. The van der Waals surface area contributed by atoms with Crippen LogP contribution in [-0.2, 0) is 6.42 Å². The molecule has 1 N–H and O–H groups in total. The van der Waals surface area contributed by atoms with Gasteiger partial charge < -0.3 is 14.8 Å². The number of alkyl halides is 2. The summed E-state index contributed by atoms with van der Waals surface area (Å²) in [5.74, 6) is -1.83. The molecule has 0 unspecified atom stereocenters. The highest BCUT2D eigenvalue weighted by molar-refractivity contribution is 7.99. The Bertz CT molecular complexity index is 729. The third kappa shape index (κ3) is 5.32. The van der Waals surface area contributed by atoms with Gasteiger partial charge in [-0.2, -0.15) is 8.78 Å². The van der Waals surface area contributed by atoms with Crippen molar-refractivity contribution in [3.63, 3.8) is 0 Å². The molecule has 25 heavy (non-hydrogen) atoms. The van der Waals surface area contributed by atoms with E-state index in [1.165, 1.54) is 12.3 Å². The highest BCUT2D eigenvalue weighted by Crippen LogP contribution is 2.28. The molecule has 0 aliphatic heterocycles. The second kappa shape index (κ2) is 9.22. The summed E-state index contributed by atoms with van der Waals surface area (Å²) < 4.78 is 35.5. The van der Waals surface area contributed by atoms with Gasteiger partial charge in [0.2, 0.25) is 0 Å². The average Bonchev–Trinajstić information content (AvgIpc) is 2.61. The van der Waals surface area contributed by atoms with Gasteiger partial charge in [0.05, 0.1) is 19.8 Å². The summed E-state index contributed by atoms with van der Waals surface area (Å²) >= 11 is 0.257. The number of pyridine rings is 1. The lowest BCUT2D eigenvalue weighted by molar-refractivity contribution is 0.0950. The number of hydrogen-bond donors (Lipinski definition) is 1. The van der Waals surface area contributed by atoms with Crippen LogP contribution in [0.25, 0.3) is 0 Å². The van der Waals surface area contributed by atoms with Crippen molar-refractivity contribution >= 4 is 17.7 Å². The third-order valence-corrected chi connectivity index (χ3v) is 4.09. The predicted molar refractivity (Wildman–Crippen MR) is 91.7 cm³/mol. The smallest absolute Gasteiger partial charge is 0.290 e. The van der Waals surface area contributed by atoms with E-state index in [0.717, 1.165) is 5.56 Å². The molecule has 0 atom stereocenters. The molecule has 134 valence electrons. The molecule has 2 rings (SSSR count). The molecule has 0 saturated heterocycles. The van der Waals surface area contributed by atoms with Crippen LogP contribution >= 0.6 is 11.8 Å². The summed E-state index contributed by atoms with van der Waals surface area (Å²) in [6.07, 6.45) is 1.94. The van der Waals surface area contributed by atoms with E-state index in [0.29, 0.717) is 24.5 Å². The van der Waals surface area contributed by atoms with Crippen molar-refractivity contribution in [2.24, 2.45) is 0 Å². The van der Waals surface area contributed by atoms with Gasteiger partial charge in [-0.05, 0) is 48.0 Å². The van der Waals surface area contributed by atoms with Crippen LogP contribution in [0.1, 0.15) is 15.9 Å². The van der Waals surface area contributed by atoms with Crippen LogP contribution in [0.2, 0.25) is 0 Å². The summed E-state index contributed by atoms with van der Waals surface area (Å²) in [7, 11) is 3.11. The normalized spacial score (nSPS) is 10.6. The van der Waals surface area contributed by atoms with Crippen LogP contribution < -0.4 is 14.8 Å². The number of aromatic nitrogens is 1. The Kier molecular flexibility index (Phi) is 7.00. The molecule has 5 nitrogen and oxygen atoms in total. The Morgan fingerprint density at radius 1 is 1.24 bits per heavy atom. The SMILES string of the molecule is COc1ccc(CCNC(=O)c2cccnc2SC(F)F)cc1OC. The Labute approximate surface area is 148 Å². The zero-order chi connectivity index (χ0) is 18.2. The highest BCUT2D eigenvalue weighted by atomic mass is 32.2. The topological polar surface area (TPSA) is 60.5 Å². The van der Waals surface area contributed by atoms with Gasteiger partial charge in [-0.3, -0.25) is 4.79 Å². The predicted octanol–water partition coefficient (Wildman–Crippen LogP) is 3.39. The number of nitrogens with one attached hydrogen (secondary N) is 1. The number of rotatable bonds is 8. The zero-order valence-corrected chi connectivity index (χ0v) is 14.6. The quantitative estimate of drug-likeness (QED) is 0.724. The summed E-state index contributed by atoms with van der Waals surface area (Å²) in [6.45, 7) is 0.349. The Morgan fingerprint density at radius 2 is 2.00 bits per heavy atom. The number of nitrogens with zero attached hydrogens (tertiary/aromatic N) is 1. The first-order valence-electron chi connectivity index (χ1n) is 7.44. The van der Waals surface area contributed by atoms with E-state index in [1.54, 1.807) is 26.4 Å². The minimum atomic E-state index is -2.63. The number of carbonyl (C=O) groups is 1. The number of hydrogen-bond acceptors (Lipinski definition) is 5. The van der Waals surface area contributed by atoms with E-state index >= 15 is 0 Å². The van der Waals surface area contributed by atoms with E-state index in [1.807, 2.05) is 12.1 Å². The number of carbonyl (C=O) groups excluding carboxylic acids is 1. The molecular weight excluding hydrogens is 350 g/mol. The highest BCUT2D eigenvalue weighted by Gasteiger charge is 2.16. The molecule has 0 fully saturated rings. The number of ether oxygens (including phenoxy) is 2. The lowest BCUT2D eigenvalue weighted by Gasteiger charge is -2.11. The monoisotopic (exact) mass is 368 g/mol. The first kappa shape index (κ1) is 19.0. The zero-order valence-electron chi connectivity index (χ0n) is 13.8. The lowest BCUT2D eigenvalue weighted by atomic mass is 10.1. The van der Waals surface area contributed by atoms with Gasteiger partial charge in [-0.25, -0.2) is 4.98 Å². The van der Waals surface area contributed by atoms with Crippen molar-refractivity contribution in [1.82, 2.24) is 10.3 Å². The third-order valence-electron chi connectivity index (χ3n) is 3.36. The number of thioether (sulfide) groups is 1. The molecule has 0 saturated carbocycles. The van der Waals surface area contributed by atoms with E-state index < -0.39 is 11.7 Å². The fourth-order valence-electron chi connectivity index (χ4n) is 2.19. The van der Waals surface area contributed by atoms with Crippen molar-refractivity contribution in [1.29, 1.82) is 0 Å². The van der Waals surface area contributed by atoms with Gasteiger partial charge in [-0.1, -0.05) is 6.07 Å². The summed E-state index contributed by atoms with van der Waals surface area (Å²) in [5, 5.41) is 2.73. The first-order chi connectivity index (χ1) is 12.0. The Morgan fingerprint density at radius 3 is 2.68 bits per heavy atom. The molecule has 0 bridgehead atoms. The van der Waals surface area contributed by atoms with Gasteiger partial charge in [0.25, 0.3) is 11.7 Å². The fraction of sp³-hybridized carbons (Fsp3) is 0.294. The lowest BCUT2D eigenvalue weighted by Crippen LogP contribution is -2.26. The Hall–Kier alpha value is -2.35. The van der Waals surface area contributed by atoms with Crippen molar-refractivity contribution in [3.8, 4) is 11.5 Å². The number of benzene rings is 1. The molecule has 8 heteroatoms. The number of halogens is 2. The van der Waals surface area contributed by atoms with Crippen LogP contribution in [0.15, 0.2) is 41.6 Å². The minimum absolute atomic E-state index is 0.0149. The van der Waals surface area contributed by atoms with Gasteiger partial charge in [-0.15, -0.1) is 0 Å². The summed E-state index contributed by atoms with van der Waals surface area (Å²) in [5.41, 5.74) is 1.09. The first-order valence-corrected chi connectivity index (χ1v) is 8.32. The fourth-order valence-corrected chi connectivity index (χ4v) is 2.77. The van der Waals surface area contributed by atoms with Gasteiger partial charge in [0.1, 0.15) is 5.03 Å². The van der Waals surface area contributed by atoms with Crippen molar-refractivity contribution in [3.05, 3.63) is 47.7 Å². The van der Waals surface area contributed by atoms with Crippen LogP contribution in [0.3, 0.4) is 0 Å². The maximum Gasteiger partial charge on any atom is 0.290 e. The Balaban J connectivity index is 1.97. The van der Waals surface area contributed by atoms with Crippen molar-refractivity contribution < 1.29 is 23.0 Å². The standard InChI is InChI=1S/C17H18F2N2O3S/c1-23-13-6-5-11(10-14(13)24-2)7-9-20-15(22)12-4-3-8-21-16(12)25-17(18)19/h3-6,8,10,17H,7,9H2,1-2H3,(H,20,22). The number of amides is 1. The van der Waals surface area contributed by atoms with E-state index in [4.69, 9.17) is 9.47 Å². The van der Waals surface area contributed by atoms with Gasteiger partial charge in [0, 0.05) is 12.7 Å². The van der Waals surface area contributed by atoms with E-state index in [-0.39, 0.29) is 22.4 Å². The largest absolute Gasteiger partial charge is 0.493 e. The maximum atomic E-state index is 12.5. The van der Waals surface area contributed by atoms with Crippen LogP contribution in [0.5, 0.6) is 11.5 Å². The molecule has 1 aromatic carbocycles. The average molecular weight is 368 g/mol. The molecule has 1 heterocycles. The van der Waals surface area contributed by atoms with Gasteiger partial charge >= 0.3 is 0 Å². The molecule has 0 radical (unpaired) electrons. The molecule has 0 aliphatic carbocycles. The van der Waals surface area contributed by atoms with Crippen LogP contribution in [0.4, 0.5) is 8.78 Å². The van der Waals surface area contributed by atoms with E-state index in [2.05, 4.69) is 10.3 Å². The van der Waals surface area contributed by atoms with Gasteiger partial charge in [0.15, 0.2) is 11.5 Å². The van der Waals surface area contributed by atoms with Crippen LogP contribution in [0, 0.1) is 0 Å². The number of methoxy groups -OCH3 is 2. The second-order valence-electron chi connectivity index (χ2n) is 4.93. The van der Waals surface area contributed by atoms with Crippen molar-refractivity contribution in [2.75, 3.05) is 20.8 Å². The summed E-state index contributed by atoms with van der Waals surface area (Å²) in [4.78, 5) is 16.0. The molecule has 2 aromatic rings. The molecule has 0 aliphatic rings. The van der Waals surface area contributed by atoms with Crippen molar-refractivity contribution in [2.45, 2.75) is 17.2 Å². The van der Waals surface area contributed by atoms with Crippen LogP contribution in [-0.4, -0.2) is 37.4 Å². The molecule has 1 aromatic heterocycles. The molecular formula is C17H18F2N2O3S. The second-order valence-corrected chi connectivity index (χ2v) is 5.91.